The first-order valence-corrected chi connectivity index (χ1v) is 21.5. The largest absolute Gasteiger partial charge is 0.394 e. The highest BCUT2D eigenvalue weighted by Gasteiger charge is 2.31. The van der Waals surface area contributed by atoms with E-state index < -0.39 is 43.0 Å². The molecule has 0 fully saturated rings. The maximum absolute atomic E-state index is 12.5. The molecule has 0 radical (unpaired) electrons. The van der Waals surface area contributed by atoms with E-state index in [-0.39, 0.29) is 0 Å². The molecule has 0 spiro atoms. The molecular formula is C42H85NO6. The van der Waals surface area contributed by atoms with Crippen LogP contribution in [0.2, 0.25) is 0 Å². The first-order valence-electron chi connectivity index (χ1n) is 21.5. The van der Waals surface area contributed by atoms with Crippen molar-refractivity contribution in [2.45, 2.75) is 256 Å². The number of carbonyl (C=O) groups is 1. The summed E-state index contributed by atoms with van der Waals surface area (Å²) < 4.78 is 0. The van der Waals surface area contributed by atoms with Gasteiger partial charge in [0.1, 0.15) is 6.10 Å². The Hall–Kier alpha value is -0.730. The van der Waals surface area contributed by atoms with Crippen LogP contribution < -0.4 is 5.32 Å². The van der Waals surface area contributed by atoms with Crippen molar-refractivity contribution in [3.05, 3.63) is 0 Å². The number of hydrogen-bond donors (Lipinski definition) is 6. The van der Waals surface area contributed by atoms with Crippen LogP contribution in [0.15, 0.2) is 0 Å². The van der Waals surface area contributed by atoms with E-state index in [1.807, 2.05) is 0 Å². The molecule has 49 heavy (non-hydrogen) atoms. The van der Waals surface area contributed by atoms with Crippen molar-refractivity contribution in [1.82, 2.24) is 5.32 Å². The molecule has 0 aliphatic rings. The van der Waals surface area contributed by atoms with Gasteiger partial charge in [-0.15, -0.1) is 0 Å². The quantitative estimate of drug-likeness (QED) is 0.0354. The number of hydrogen-bond acceptors (Lipinski definition) is 6. The fraction of sp³-hybridized carbons (Fsp3) is 0.976. The standard InChI is InChI=1S/C42H85NO6/c1-3-5-7-9-11-13-15-17-18-19-20-21-22-23-25-27-29-31-33-35-39(46)41(48)42(49)43-37(36-44)40(47)38(45)34-32-30-28-26-24-16-14-12-10-8-6-4-2/h37-41,44-48H,3-36H2,1-2H3,(H,43,49). The molecule has 7 heteroatoms. The molecule has 0 aliphatic carbocycles. The summed E-state index contributed by atoms with van der Waals surface area (Å²) in [6, 6.07) is -1.10. The number of carbonyl (C=O) groups excluding carboxylic acids is 1. The molecule has 7 nitrogen and oxygen atoms in total. The van der Waals surface area contributed by atoms with Crippen LogP contribution in [0.1, 0.15) is 226 Å². The van der Waals surface area contributed by atoms with Crippen LogP contribution in [0.5, 0.6) is 0 Å². The third-order valence-electron chi connectivity index (χ3n) is 10.4. The number of rotatable bonds is 39. The van der Waals surface area contributed by atoms with Gasteiger partial charge in [-0.25, -0.2) is 0 Å². The Morgan fingerprint density at radius 2 is 0.694 bits per heavy atom. The van der Waals surface area contributed by atoms with Gasteiger partial charge >= 0.3 is 0 Å². The lowest BCUT2D eigenvalue weighted by molar-refractivity contribution is -0.138. The summed E-state index contributed by atoms with van der Waals surface area (Å²) in [5.41, 5.74) is 0. The Morgan fingerprint density at radius 1 is 0.429 bits per heavy atom. The third-order valence-corrected chi connectivity index (χ3v) is 10.4. The monoisotopic (exact) mass is 700 g/mol. The summed E-state index contributed by atoms with van der Waals surface area (Å²) in [6.45, 7) is 3.95. The zero-order chi connectivity index (χ0) is 36.2. The fourth-order valence-corrected chi connectivity index (χ4v) is 6.91. The average Bonchev–Trinajstić information content (AvgIpc) is 3.11. The van der Waals surface area contributed by atoms with Crippen molar-refractivity contribution in [3.63, 3.8) is 0 Å². The summed E-state index contributed by atoms with van der Waals surface area (Å²) in [7, 11) is 0. The molecule has 1 amide bonds. The van der Waals surface area contributed by atoms with E-state index in [4.69, 9.17) is 0 Å². The SMILES string of the molecule is CCCCCCCCCCCCCCCCCCCCCC(O)C(O)C(=O)NC(CO)C(O)C(O)CCCCCCCCCCCCCC. The normalized spacial score (nSPS) is 14.8. The topological polar surface area (TPSA) is 130 Å². The predicted molar refractivity (Wildman–Crippen MR) is 207 cm³/mol. The third kappa shape index (κ3) is 30.6. The molecule has 5 atom stereocenters. The highest BCUT2D eigenvalue weighted by molar-refractivity contribution is 5.81. The summed E-state index contributed by atoms with van der Waals surface area (Å²) in [4.78, 5) is 12.5. The minimum atomic E-state index is -1.63. The van der Waals surface area contributed by atoms with Crippen LogP contribution in [0.4, 0.5) is 0 Å². The molecule has 0 aromatic heterocycles. The van der Waals surface area contributed by atoms with Gasteiger partial charge in [-0.1, -0.05) is 213 Å². The van der Waals surface area contributed by atoms with E-state index in [1.54, 1.807) is 0 Å². The van der Waals surface area contributed by atoms with Crippen molar-refractivity contribution in [1.29, 1.82) is 0 Å². The molecule has 0 aromatic carbocycles. The number of aliphatic hydroxyl groups is 5. The predicted octanol–water partition coefficient (Wildman–Crippen LogP) is 9.82. The van der Waals surface area contributed by atoms with E-state index in [0.29, 0.717) is 12.8 Å². The van der Waals surface area contributed by atoms with Crippen LogP contribution in [-0.4, -0.2) is 68.5 Å². The lowest BCUT2D eigenvalue weighted by Crippen LogP contribution is -2.54. The van der Waals surface area contributed by atoms with Crippen LogP contribution in [-0.2, 0) is 4.79 Å². The number of amides is 1. The second kappa shape index (κ2) is 37.0. The van der Waals surface area contributed by atoms with Gasteiger partial charge in [-0.3, -0.25) is 4.79 Å². The molecule has 0 saturated carbocycles. The highest BCUT2D eigenvalue weighted by Crippen LogP contribution is 2.17. The van der Waals surface area contributed by atoms with E-state index in [9.17, 15) is 30.3 Å². The molecule has 0 rings (SSSR count). The Kier molecular flexibility index (Phi) is 36.5. The lowest BCUT2D eigenvalue weighted by Gasteiger charge is -2.28. The van der Waals surface area contributed by atoms with E-state index in [0.717, 1.165) is 38.5 Å². The molecule has 0 aromatic rings. The van der Waals surface area contributed by atoms with Gasteiger partial charge in [-0.2, -0.15) is 0 Å². The zero-order valence-corrected chi connectivity index (χ0v) is 32.6. The number of aliphatic hydroxyl groups excluding tert-OH is 5. The summed E-state index contributed by atoms with van der Waals surface area (Å²) in [5.74, 6) is -0.832. The molecule has 0 aliphatic heterocycles. The molecule has 294 valence electrons. The summed E-state index contributed by atoms with van der Waals surface area (Å²) in [6.07, 6.45) is 34.4. The molecule has 0 heterocycles. The van der Waals surface area contributed by atoms with E-state index in [2.05, 4.69) is 19.2 Å². The molecular weight excluding hydrogens is 614 g/mol. The molecule has 5 unspecified atom stereocenters. The zero-order valence-electron chi connectivity index (χ0n) is 32.6. The van der Waals surface area contributed by atoms with Crippen LogP contribution in [0.25, 0.3) is 0 Å². The lowest BCUT2D eigenvalue weighted by atomic mass is 9.98. The minimum absolute atomic E-state index is 0.321. The van der Waals surface area contributed by atoms with Crippen molar-refractivity contribution >= 4 is 5.91 Å². The van der Waals surface area contributed by atoms with Gasteiger partial charge in [0.05, 0.1) is 24.9 Å². The van der Waals surface area contributed by atoms with E-state index in [1.165, 1.54) is 161 Å². The van der Waals surface area contributed by atoms with Crippen molar-refractivity contribution in [2.75, 3.05) is 6.61 Å². The maximum Gasteiger partial charge on any atom is 0.251 e. The average molecular weight is 700 g/mol. The molecule has 0 saturated heterocycles. The minimum Gasteiger partial charge on any atom is -0.394 e. The first kappa shape index (κ1) is 48.3. The highest BCUT2D eigenvalue weighted by atomic mass is 16.3. The van der Waals surface area contributed by atoms with Crippen molar-refractivity contribution in [2.24, 2.45) is 0 Å². The van der Waals surface area contributed by atoms with E-state index >= 15 is 0 Å². The second-order valence-electron chi connectivity index (χ2n) is 15.2. The Morgan fingerprint density at radius 3 is 0.980 bits per heavy atom. The van der Waals surface area contributed by atoms with Gasteiger partial charge in [0.2, 0.25) is 0 Å². The first-order chi connectivity index (χ1) is 23.9. The van der Waals surface area contributed by atoms with Gasteiger partial charge in [0.25, 0.3) is 5.91 Å². The Labute approximate surface area is 303 Å². The summed E-state index contributed by atoms with van der Waals surface area (Å²) >= 11 is 0. The smallest absolute Gasteiger partial charge is 0.251 e. The van der Waals surface area contributed by atoms with Gasteiger partial charge in [0, 0.05) is 0 Å². The number of nitrogens with one attached hydrogen (secondary N) is 1. The van der Waals surface area contributed by atoms with Crippen molar-refractivity contribution < 1.29 is 30.3 Å². The van der Waals surface area contributed by atoms with Gasteiger partial charge in [0.15, 0.2) is 6.10 Å². The maximum atomic E-state index is 12.5. The number of unbranched alkanes of at least 4 members (excludes halogenated alkanes) is 29. The van der Waals surface area contributed by atoms with Crippen molar-refractivity contribution in [3.8, 4) is 0 Å². The fourth-order valence-electron chi connectivity index (χ4n) is 6.91. The van der Waals surface area contributed by atoms with Gasteiger partial charge < -0.3 is 30.8 Å². The second-order valence-corrected chi connectivity index (χ2v) is 15.2. The summed E-state index contributed by atoms with van der Waals surface area (Å²) in [5, 5.41) is 53.8. The van der Waals surface area contributed by atoms with Crippen LogP contribution in [0, 0.1) is 0 Å². The van der Waals surface area contributed by atoms with Crippen LogP contribution in [0.3, 0.4) is 0 Å². The molecule has 0 bridgehead atoms. The Balaban J connectivity index is 3.80. The van der Waals surface area contributed by atoms with Crippen LogP contribution >= 0.6 is 0 Å². The Bertz CT molecular complexity index is 680. The van der Waals surface area contributed by atoms with Gasteiger partial charge in [-0.05, 0) is 12.8 Å². The molecule has 6 N–H and O–H groups in total.